The van der Waals surface area contributed by atoms with E-state index in [4.69, 9.17) is 0 Å². The molecule has 2 rings (SSSR count). The molecule has 2 atom stereocenters. The molecule has 0 radical (unpaired) electrons. The Hall–Kier alpha value is -0.960. The van der Waals surface area contributed by atoms with Crippen LogP contribution in [0.15, 0.2) is 24.3 Å². The zero-order chi connectivity index (χ0) is 13.1. The van der Waals surface area contributed by atoms with Gasteiger partial charge in [-0.15, -0.1) is 0 Å². The van der Waals surface area contributed by atoms with Crippen molar-refractivity contribution >= 4 is 18.5 Å². The van der Waals surface area contributed by atoms with Crippen LogP contribution in [0.2, 0.25) is 0 Å². The van der Waals surface area contributed by atoms with E-state index in [0.717, 1.165) is 18.7 Å². The molecule has 1 heterocycles. The number of nitrogens with zero attached hydrogens (tertiary/aromatic N) is 1. The Bertz CT molecular complexity index is 415. The van der Waals surface area contributed by atoms with Crippen LogP contribution in [-0.2, 0) is 11.2 Å². The quantitative estimate of drug-likeness (QED) is 0.828. The Labute approximate surface area is 115 Å². The molecule has 0 bridgehead atoms. The van der Waals surface area contributed by atoms with E-state index in [-0.39, 0.29) is 11.9 Å². The van der Waals surface area contributed by atoms with E-state index in [2.05, 4.69) is 50.7 Å². The second-order valence-electron chi connectivity index (χ2n) is 5.07. The lowest BCUT2D eigenvalue weighted by atomic mass is 10.0. The molecule has 1 fully saturated rings. The van der Waals surface area contributed by atoms with Crippen LogP contribution in [0.3, 0.4) is 0 Å². The highest BCUT2D eigenvalue weighted by atomic mass is 32.1. The number of benzene rings is 1. The van der Waals surface area contributed by atoms with Crippen LogP contribution in [0.5, 0.6) is 0 Å². The number of hydrogen-bond acceptors (Lipinski definition) is 2. The summed E-state index contributed by atoms with van der Waals surface area (Å²) in [6, 6.07) is 8.77. The predicted octanol–water partition coefficient (Wildman–Crippen LogP) is 3.09. The minimum absolute atomic E-state index is 0.174. The molecule has 1 saturated heterocycles. The van der Waals surface area contributed by atoms with Gasteiger partial charge in [-0.1, -0.05) is 31.2 Å². The fraction of sp³-hybridized carbons (Fsp3) is 0.533. The summed E-state index contributed by atoms with van der Waals surface area (Å²) < 4.78 is 0. The van der Waals surface area contributed by atoms with Crippen LogP contribution in [0.4, 0.5) is 0 Å². The van der Waals surface area contributed by atoms with Crippen molar-refractivity contribution in [1.29, 1.82) is 0 Å². The number of likely N-dealkylation sites (tertiary alicyclic amines) is 1. The summed E-state index contributed by atoms with van der Waals surface area (Å²) in [5.74, 6) is 1.48. The number of carbonyl (C=O) groups is 1. The lowest BCUT2D eigenvalue weighted by Crippen LogP contribution is -2.28. The van der Waals surface area contributed by atoms with E-state index < -0.39 is 0 Å². The topological polar surface area (TPSA) is 20.3 Å². The van der Waals surface area contributed by atoms with Gasteiger partial charge in [-0.05, 0) is 36.1 Å². The number of hydrogen-bond donors (Lipinski definition) is 1. The molecule has 3 heteroatoms. The lowest BCUT2D eigenvalue weighted by molar-refractivity contribution is -0.129. The second-order valence-corrected chi connectivity index (χ2v) is 5.44. The Morgan fingerprint density at radius 2 is 2.06 bits per heavy atom. The van der Waals surface area contributed by atoms with Gasteiger partial charge in [0.1, 0.15) is 0 Å². The van der Waals surface area contributed by atoms with Gasteiger partial charge >= 0.3 is 0 Å². The average molecular weight is 263 g/mol. The Morgan fingerprint density at radius 3 is 2.56 bits per heavy atom. The highest BCUT2D eigenvalue weighted by molar-refractivity contribution is 7.80. The minimum atomic E-state index is 0.174. The first kappa shape index (κ1) is 13.5. The molecule has 1 aliphatic rings. The van der Waals surface area contributed by atoms with E-state index in [1.165, 1.54) is 11.1 Å². The van der Waals surface area contributed by atoms with E-state index in [9.17, 15) is 4.79 Å². The molecule has 1 amide bonds. The smallest absolute Gasteiger partial charge is 0.223 e. The fourth-order valence-corrected chi connectivity index (χ4v) is 2.76. The monoisotopic (exact) mass is 263 g/mol. The fourth-order valence-electron chi connectivity index (χ4n) is 2.52. The standard InChI is InChI=1S/C15H21NOS/c1-3-12-4-6-14(7-5-12)11(2)16-9-13(10-18)8-15(16)17/h4-7,11,13,18H,3,8-10H2,1-2H3. The van der Waals surface area contributed by atoms with Crippen molar-refractivity contribution in [2.24, 2.45) is 5.92 Å². The van der Waals surface area contributed by atoms with Gasteiger partial charge in [0, 0.05) is 13.0 Å². The largest absolute Gasteiger partial charge is 0.336 e. The molecule has 1 aromatic carbocycles. The van der Waals surface area contributed by atoms with E-state index in [1.54, 1.807) is 0 Å². The van der Waals surface area contributed by atoms with Crippen molar-refractivity contribution in [2.45, 2.75) is 32.7 Å². The minimum Gasteiger partial charge on any atom is -0.336 e. The van der Waals surface area contributed by atoms with Gasteiger partial charge < -0.3 is 4.90 Å². The third-order valence-corrected chi connectivity index (χ3v) is 4.35. The molecule has 0 aromatic heterocycles. The summed E-state index contributed by atoms with van der Waals surface area (Å²) in [6.07, 6.45) is 1.71. The van der Waals surface area contributed by atoms with Gasteiger partial charge in [-0.2, -0.15) is 12.6 Å². The molecule has 18 heavy (non-hydrogen) atoms. The third-order valence-electron chi connectivity index (χ3n) is 3.83. The zero-order valence-corrected chi connectivity index (χ0v) is 12.0. The molecule has 0 spiro atoms. The lowest BCUT2D eigenvalue weighted by Gasteiger charge is -2.25. The van der Waals surface area contributed by atoms with Crippen molar-refractivity contribution in [3.63, 3.8) is 0 Å². The summed E-state index contributed by atoms with van der Waals surface area (Å²) in [5.41, 5.74) is 2.56. The van der Waals surface area contributed by atoms with E-state index in [1.807, 2.05) is 4.90 Å². The maximum atomic E-state index is 12.0. The van der Waals surface area contributed by atoms with E-state index >= 15 is 0 Å². The Morgan fingerprint density at radius 1 is 1.39 bits per heavy atom. The number of aryl methyl sites for hydroxylation is 1. The van der Waals surface area contributed by atoms with Gasteiger partial charge in [0.2, 0.25) is 5.91 Å². The van der Waals surface area contributed by atoms with Crippen LogP contribution in [0.25, 0.3) is 0 Å². The zero-order valence-electron chi connectivity index (χ0n) is 11.1. The molecular formula is C15H21NOS. The van der Waals surface area contributed by atoms with Gasteiger partial charge in [0.15, 0.2) is 0 Å². The summed E-state index contributed by atoms with van der Waals surface area (Å²) in [7, 11) is 0. The Kier molecular flexibility index (Phi) is 4.33. The molecule has 1 aromatic rings. The van der Waals surface area contributed by atoms with Crippen LogP contribution >= 0.6 is 12.6 Å². The van der Waals surface area contributed by atoms with Gasteiger partial charge in [0.05, 0.1) is 6.04 Å². The van der Waals surface area contributed by atoms with Crippen molar-refractivity contribution in [1.82, 2.24) is 4.90 Å². The Balaban J connectivity index is 2.10. The number of amides is 1. The van der Waals surface area contributed by atoms with E-state index in [0.29, 0.717) is 12.3 Å². The maximum absolute atomic E-state index is 12.0. The first-order valence-corrected chi connectivity index (χ1v) is 7.28. The van der Waals surface area contributed by atoms with Gasteiger partial charge in [0.25, 0.3) is 0 Å². The predicted molar refractivity (Wildman–Crippen MR) is 77.9 cm³/mol. The molecule has 0 saturated carbocycles. The van der Waals surface area contributed by atoms with Crippen molar-refractivity contribution < 1.29 is 4.79 Å². The van der Waals surface area contributed by atoms with Crippen LogP contribution < -0.4 is 0 Å². The number of thiol groups is 1. The normalized spacial score (nSPS) is 21.4. The molecule has 2 unspecified atom stereocenters. The first-order valence-electron chi connectivity index (χ1n) is 6.64. The molecule has 98 valence electrons. The summed E-state index contributed by atoms with van der Waals surface area (Å²) in [4.78, 5) is 14.0. The van der Waals surface area contributed by atoms with Crippen LogP contribution in [0, 0.1) is 5.92 Å². The summed E-state index contributed by atoms with van der Waals surface area (Å²) in [6.45, 7) is 5.11. The average Bonchev–Trinajstić information content (AvgIpc) is 2.79. The van der Waals surface area contributed by atoms with Crippen molar-refractivity contribution in [3.8, 4) is 0 Å². The van der Waals surface area contributed by atoms with Crippen LogP contribution in [0.1, 0.15) is 37.4 Å². The summed E-state index contributed by atoms with van der Waals surface area (Å²) in [5, 5.41) is 0. The van der Waals surface area contributed by atoms with Gasteiger partial charge in [-0.3, -0.25) is 4.79 Å². The highest BCUT2D eigenvalue weighted by Crippen LogP contribution is 2.29. The molecule has 0 N–H and O–H groups in total. The molecule has 1 aliphatic heterocycles. The molecule has 2 nitrogen and oxygen atoms in total. The molecular weight excluding hydrogens is 242 g/mol. The van der Waals surface area contributed by atoms with Crippen molar-refractivity contribution in [3.05, 3.63) is 35.4 Å². The first-order chi connectivity index (χ1) is 8.65. The van der Waals surface area contributed by atoms with Crippen LogP contribution in [-0.4, -0.2) is 23.1 Å². The van der Waals surface area contributed by atoms with Crippen molar-refractivity contribution in [2.75, 3.05) is 12.3 Å². The highest BCUT2D eigenvalue weighted by Gasteiger charge is 2.32. The molecule has 0 aliphatic carbocycles. The maximum Gasteiger partial charge on any atom is 0.223 e. The second kappa shape index (κ2) is 5.79. The number of rotatable bonds is 4. The number of carbonyl (C=O) groups excluding carboxylic acids is 1. The third kappa shape index (κ3) is 2.72. The summed E-state index contributed by atoms with van der Waals surface area (Å²) >= 11 is 4.30. The SMILES string of the molecule is CCc1ccc(C(C)N2CC(CS)CC2=O)cc1. The van der Waals surface area contributed by atoms with Gasteiger partial charge in [-0.25, -0.2) is 0 Å².